The van der Waals surface area contributed by atoms with Gasteiger partial charge in [-0.3, -0.25) is 5.32 Å². The molecule has 1 aliphatic heterocycles. The van der Waals surface area contributed by atoms with Gasteiger partial charge in [0, 0.05) is 6.54 Å². The number of aromatic nitrogens is 1. The van der Waals surface area contributed by atoms with E-state index in [1.165, 1.54) is 30.1 Å². The molecular weight excluding hydrogens is 327 g/mol. The summed E-state index contributed by atoms with van der Waals surface area (Å²) in [7, 11) is 0. The second-order valence-corrected chi connectivity index (χ2v) is 7.14. The van der Waals surface area contributed by atoms with Gasteiger partial charge in [-0.25, -0.2) is 9.78 Å². The summed E-state index contributed by atoms with van der Waals surface area (Å²) in [5.74, 6) is -1.52. The van der Waals surface area contributed by atoms with Crippen molar-refractivity contribution >= 4 is 32.7 Å². The highest BCUT2D eigenvalue weighted by atomic mass is 32.1. The molecule has 8 heteroatoms. The molecule has 1 aromatic heterocycles. The number of carbonyl (C=O) groups excluding carboxylic acids is 1. The van der Waals surface area contributed by atoms with Crippen molar-refractivity contribution in [3.63, 3.8) is 0 Å². The number of fused-ring (bicyclic) bond motifs is 1. The number of amides is 2. The zero-order chi connectivity index (χ0) is 16.8. The van der Waals surface area contributed by atoms with Crippen LogP contribution in [0.1, 0.15) is 20.3 Å². The molecule has 3 rings (SSSR count). The van der Waals surface area contributed by atoms with Crippen molar-refractivity contribution in [2.24, 2.45) is 5.92 Å². The highest BCUT2D eigenvalue weighted by Gasteiger charge is 2.56. The van der Waals surface area contributed by atoms with E-state index in [0.717, 1.165) is 10.2 Å². The number of alkyl halides is 3. The van der Waals surface area contributed by atoms with Gasteiger partial charge in [-0.1, -0.05) is 23.5 Å². The molecule has 23 heavy (non-hydrogen) atoms. The number of nitrogens with one attached hydrogen (secondary N) is 1. The number of hydrogen-bond acceptors (Lipinski definition) is 3. The van der Waals surface area contributed by atoms with Crippen LogP contribution < -0.4 is 5.32 Å². The predicted octanol–water partition coefficient (Wildman–Crippen LogP) is 4.49. The standard InChI is InChI=1S/C15H16F3N3OS/c1-14(2)11(15(16,17)18)7-8-21(14)13(22)20-12-19-9-5-3-4-6-10(9)23-12/h3-6,11H,7-8H2,1-2H3,(H,19,20,22)/t11-/m1/s1. The van der Waals surface area contributed by atoms with Gasteiger partial charge in [0.2, 0.25) is 0 Å². The second-order valence-electron chi connectivity index (χ2n) is 6.11. The first kappa shape index (κ1) is 16.0. The molecule has 1 fully saturated rings. The quantitative estimate of drug-likeness (QED) is 0.829. The lowest BCUT2D eigenvalue weighted by molar-refractivity contribution is -0.189. The first-order chi connectivity index (χ1) is 10.7. The van der Waals surface area contributed by atoms with Crippen LogP contribution in [0.2, 0.25) is 0 Å². The van der Waals surface area contributed by atoms with Crippen LogP contribution in [0, 0.1) is 5.92 Å². The van der Waals surface area contributed by atoms with Gasteiger partial charge in [-0.15, -0.1) is 0 Å². The summed E-state index contributed by atoms with van der Waals surface area (Å²) in [5, 5.41) is 3.02. The number of rotatable bonds is 1. The predicted molar refractivity (Wildman–Crippen MR) is 83.6 cm³/mol. The fourth-order valence-electron chi connectivity index (χ4n) is 3.10. The van der Waals surface area contributed by atoms with E-state index in [0.29, 0.717) is 5.13 Å². The Labute approximate surface area is 135 Å². The van der Waals surface area contributed by atoms with Crippen molar-refractivity contribution in [1.82, 2.24) is 9.88 Å². The van der Waals surface area contributed by atoms with E-state index in [2.05, 4.69) is 10.3 Å². The fraction of sp³-hybridized carbons (Fsp3) is 0.467. The first-order valence-corrected chi connectivity index (χ1v) is 8.02. The van der Waals surface area contributed by atoms with Crippen LogP contribution in [0.3, 0.4) is 0 Å². The summed E-state index contributed by atoms with van der Waals surface area (Å²) in [5.41, 5.74) is -0.527. The number of halogens is 3. The van der Waals surface area contributed by atoms with Crippen molar-refractivity contribution in [3.8, 4) is 0 Å². The molecule has 1 N–H and O–H groups in total. The van der Waals surface area contributed by atoms with Crippen LogP contribution in [-0.4, -0.2) is 34.2 Å². The van der Waals surface area contributed by atoms with Crippen LogP contribution in [0.15, 0.2) is 24.3 Å². The lowest BCUT2D eigenvalue weighted by Gasteiger charge is -2.36. The van der Waals surface area contributed by atoms with E-state index in [1.807, 2.05) is 24.3 Å². The van der Waals surface area contributed by atoms with E-state index < -0.39 is 23.7 Å². The van der Waals surface area contributed by atoms with E-state index in [4.69, 9.17) is 0 Å². The van der Waals surface area contributed by atoms with Crippen molar-refractivity contribution in [2.45, 2.75) is 32.0 Å². The Morgan fingerprint density at radius 3 is 2.70 bits per heavy atom. The highest BCUT2D eigenvalue weighted by molar-refractivity contribution is 7.22. The highest BCUT2D eigenvalue weighted by Crippen LogP contribution is 2.44. The molecule has 0 radical (unpaired) electrons. The number of para-hydroxylation sites is 1. The molecule has 4 nitrogen and oxygen atoms in total. The molecule has 1 atom stereocenters. The molecule has 0 saturated carbocycles. The third-order valence-electron chi connectivity index (χ3n) is 4.34. The normalized spacial score (nSPS) is 20.9. The lowest BCUT2D eigenvalue weighted by Crippen LogP contribution is -2.51. The summed E-state index contributed by atoms with van der Waals surface area (Å²) in [6.45, 7) is 2.99. The molecule has 1 aromatic carbocycles. The van der Waals surface area contributed by atoms with Gasteiger partial charge >= 0.3 is 12.2 Å². The number of thiazole rings is 1. The molecular formula is C15H16F3N3OS. The Bertz CT molecular complexity index is 708. The van der Waals surface area contributed by atoms with Crippen LogP contribution in [0.4, 0.5) is 23.1 Å². The van der Waals surface area contributed by atoms with Gasteiger partial charge in [0.15, 0.2) is 5.13 Å². The number of urea groups is 1. The summed E-state index contributed by atoms with van der Waals surface area (Å²) in [4.78, 5) is 17.9. The van der Waals surface area contributed by atoms with Crippen molar-refractivity contribution in [3.05, 3.63) is 24.3 Å². The second kappa shape index (κ2) is 5.36. The Morgan fingerprint density at radius 2 is 2.09 bits per heavy atom. The van der Waals surface area contributed by atoms with Gasteiger partial charge in [-0.2, -0.15) is 13.2 Å². The van der Waals surface area contributed by atoms with E-state index in [-0.39, 0.29) is 13.0 Å². The van der Waals surface area contributed by atoms with E-state index in [1.54, 1.807) is 0 Å². The maximum Gasteiger partial charge on any atom is 0.394 e. The molecule has 0 bridgehead atoms. The van der Waals surface area contributed by atoms with Crippen molar-refractivity contribution < 1.29 is 18.0 Å². The Balaban J connectivity index is 1.78. The van der Waals surface area contributed by atoms with Crippen LogP contribution in [-0.2, 0) is 0 Å². The molecule has 1 aliphatic rings. The summed E-state index contributed by atoms with van der Waals surface area (Å²) in [6.07, 6.45) is -4.39. The molecule has 0 unspecified atom stereocenters. The summed E-state index contributed by atoms with van der Waals surface area (Å²) in [6, 6.07) is 6.86. The third kappa shape index (κ3) is 2.87. The molecule has 0 spiro atoms. The van der Waals surface area contributed by atoms with Crippen LogP contribution >= 0.6 is 11.3 Å². The van der Waals surface area contributed by atoms with Gasteiger partial charge in [0.1, 0.15) is 0 Å². The van der Waals surface area contributed by atoms with E-state index >= 15 is 0 Å². The monoisotopic (exact) mass is 343 g/mol. The van der Waals surface area contributed by atoms with Gasteiger partial charge < -0.3 is 4.90 Å². The molecule has 2 aromatic rings. The number of hydrogen-bond donors (Lipinski definition) is 1. The Hall–Kier alpha value is -1.83. The average molecular weight is 343 g/mol. The number of likely N-dealkylation sites (tertiary alicyclic amines) is 1. The first-order valence-electron chi connectivity index (χ1n) is 7.20. The topological polar surface area (TPSA) is 45.2 Å². The van der Waals surface area contributed by atoms with E-state index in [9.17, 15) is 18.0 Å². The summed E-state index contributed by atoms with van der Waals surface area (Å²) >= 11 is 1.30. The van der Waals surface area contributed by atoms with Crippen LogP contribution in [0.25, 0.3) is 10.2 Å². The minimum Gasteiger partial charge on any atom is -0.319 e. The lowest BCUT2D eigenvalue weighted by atomic mass is 9.88. The largest absolute Gasteiger partial charge is 0.394 e. The van der Waals surface area contributed by atoms with Crippen molar-refractivity contribution in [2.75, 3.05) is 11.9 Å². The van der Waals surface area contributed by atoms with Gasteiger partial charge in [0.25, 0.3) is 0 Å². The van der Waals surface area contributed by atoms with Crippen molar-refractivity contribution in [1.29, 1.82) is 0 Å². The molecule has 1 saturated heterocycles. The van der Waals surface area contributed by atoms with Gasteiger partial charge in [0.05, 0.1) is 21.7 Å². The molecule has 2 heterocycles. The SMILES string of the molecule is CC1(C)[C@H](C(F)(F)F)CCN1C(=O)Nc1nc2ccccc2s1. The third-order valence-corrected chi connectivity index (χ3v) is 5.29. The molecule has 2 amide bonds. The Kier molecular flexibility index (Phi) is 3.74. The number of benzene rings is 1. The number of nitrogens with zero attached hydrogens (tertiary/aromatic N) is 2. The Morgan fingerprint density at radius 1 is 1.39 bits per heavy atom. The maximum atomic E-state index is 13.1. The zero-order valence-electron chi connectivity index (χ0n) is 12.6. The average Bonchev–Trinajstić information content (AvgIpc) is 2.96. The number of anilines is 1. The molecule has 124 valence electrons. The summed E-state index contributed by atoms with van der Waals surface area (Å²) < 4.78 is 40.2. The van der Waals surface area contributed by atoms with Crippen LogP contribution in [0.5, 0.6) is 0 Å². The zero-order valence-corrected chi connectivity index (χ0v) is 13.5. The minimum atomic E-state index is -4.31. The number of carbonyl (C=O) groups is 1. The minimum absolute atomic E-state index is 0.0773. The molecule has 0 aliphatic carbocycles. The maximum absolute atomic E-state index is 13.1. The van der Waals surface area contributed by atoms with Gasteiger partial charge in [-0.05, 0) is 32.4 Å². The fourth-order valence-corrected chi connectivity index (χ4v) is 3.96. The smallest absolute Gasteiger partial charge is 0.319 e.